The summed E-state index contributed by atoms with van der Waals surface area (Å²) in [6.45, 7) is 4.82. The van der Waals surface area contributed by atoms with E-state index >= 15 is 0 Å². The lowest BCUT2D eigenvalue weighted by Gasteiger charge is -2.30. The first-order valence-electron chi connectivity index (χ1n) is 8.62. The van der Waals surface area contributed by atoms with Crippen molar-refractivity contribution in [3.63, 3.8) is 0 Å². The fourth-order valence-corrected chi connectivity index (χ4v) is 2.84. The minimum absolute atomic E-state index is 0.0120. The Morgan fingerprint density at radius 3 is 2.71 bits per heavy atom. The summed E-state index contributed by atoms with van der Waals surface area (Å²) in [4.78, 5) is 14.2. The first kappa shape index (κ1) is 18.9. The van der Waals surface area contributed by atoms with Crippen LogP contribution in [0.15, 0.2) is 24.3 Å². The third-order valence-electron chi connectivity index (χ3n) is 4.31. The van der Waals surface area contributed by atoms with E-state index in [1.54, 1.807) is 7.11 Å². The summed E-state index contributed by atoms with van der Waals surface area (Å²) in [5.74, 6) is -0.0120. The lowest BCUT2D eigenvalue weighted by atomic mass is 10.0. The number of methoxy groups -OCH3 is 1. The van der Waals surface area contributed by atoms with Gasteiger partial charge in [0.05, 0.1) is 19.3 Å². The Bertz CT molecular complexity index is 502. The second-order valence-electron chi connectivity index (χ2n) is 6.22. The van der Waals surface area contributed by atoms with Gasteiger partial charge in [-0.25, -0.2) is 0 Å². The highest BCUT2D eigenvalue weighted by Gasteiger charge is 2.17. The van der Waals surface area contributed by atoms with Gasteiger partial charge in [-0.1, -0.05) is 24.3 Å². The Morgan fingerprint density at radius 1 is 1.29 bits per heavy atom. The van der Waals surface area contributed by atoms with Crippen molar-refractivity contribution in [3.05, 3.63) is 35.4 Å². The van der Waals surface area contributed by atoms with Crippen LogP contribution in [0.25, 0.3) is 0 Å². The fourth-order valence-electron chi connectivity index (χ4n) is 2.84. The molecular formula is C18H29N3O3. The molecule has 1 aromatic carbocycles. The van der Waals surface area contributed by atoms with Crippen LogP contribution in [-0.4, -0.2) is 61.9 Å². The molecular weight excluding hydrogens is 306 g/mol. The Kier molecular flexibility index (Phi) is 8.18. The van der Waals surface area contributed by atoms with Gasteiger partial charge in [-0.3, -0.25) is 9.69 Å². The monoisotopic (exact) mass is 335 g/mol. The molecule has 0 aromatic heterocycles. The van der Waals surface area contributed by atoms with E-state index in [-0.39, 0.29) is 12.0 Å². The van der Waals surface area contributed by atoms with Gasteiger partial charge < -0.3 is 20.5 Å². The molecule has 1 saturated heterocycles. The van der Waals surface area contributed by atoms with E-state index in [4.69, 9.17) is 4.74 Å². The summed E-state index contributed by atoms with van der Waals surface area (Å²) in [5.41, 5.74) is 2.38. The number of hydrogen-bond acceptors (Lipinski definition) is 5. The first-order valence-corrected chi connectivity index (χ1v) is 8.62. The molecule has 0 atom stereocenters. The van der Waals surface area contributed by atoms with Crippen molar-refractivity contribution in [3.8, 4) is 0 Å². The Hall–Kier alpha value is -1.47. The average Bonchev–Trinajstić information content (AvgIpc) is 2.60. The van der Waals surface area contributed by atoms with Gasteiger partial charge in [0, 0.05) is 39.8 Å². The number of nitrogens with one attached hydrogen (secondary N) is 2. The number of ether oxygens (including phenoxy) is 1. The second kappa shape index (κ2) is 10.4. The zero-order valence-electron chi connectivity index (χ0n) is 14.5. The molecule has 1 aliphatic rings. The van der Waals surface area contributed by atoms with Crippen LogP contribution in [0.4, 0.5) is 0 Å². The third-order valence-corrected chi connectivity index (χ3v) is 4.31. The number of piperidine rings is 1. The van der Waals surface area contributed by atoms with E-state index in [2.05, 4.69) is 27.7 Å². The minimum atomic E-state index is -0.151. The molecule has 1 aromatic rings. The molecule has 24 heavy (non-hydrogen) atoms. The molecule has 0 unspecified atom stereocenters. The minimum Gasteiger partial charge on any atom is -0.393 e. The molecule has 6 nitrogen and oxygen atoms in total. The molecule has 1 aliphatic heterocycles. The van der Waals surface area contributed by atoms with Gasteiger partial charge in [0.25, 0.3) is 0 Å². The van der Waals surface area contributed by atoms with Gasteiger partial charge in [0.1, 0.15) is 0 Å². The van der Waals surface area contributed by atoms with Crippen LogP contribution in [0.3, 0.4) is 0 Å². The zero-order valence-corrected chi connectivity index (χ0v) is 14.5. The summed E-state index contributed by atoms with van der Waals surface area (Å²) >= 11 is 0. The van der Waals surface area contributed by atoms with Crippen LogP contribution < -0.4 is 10.6 Å². The predicted octanol–water partition coefficient (Wildman–Crippen LogP) is 0.496. The molecule has 134 valence electrons. The highest BCUT2D eigenvalue weighted by atomic mass is 16.5. The van der Waals surface area contributed by atoms with Crippen LogP contribution in [-0.2, 0) is 22.6 Å². The van der Waals surface area contributed by atoms with Gasteiger partial charge in [-0.15, -0.1) is 0 Å². The molecule has 1 fully saturated rings. The Labute approximate surface area is 144 Å². The number of aliphatic hydroxyl groups is 1. The number of rotatable bonds is 9. The number of carbonyl (C=O) groups is 1. The maximum atomic E-state index is 11.9. The summed E-state index contributed by atoms with van der Waals surface area (Å²) in [5, 5.41) is 15.6. The summed E-state index contributed by atoms with van der Waals surface area (Å²) in [6, 6.07) is 8.21. The van der Waals surface area contributed by atoms with Crippen molar-refractivity contribution >= 4 is 5.91 Å². The van der Waals surface area contributed by atoms with Crippen molar-refractivity contribution in [2.75, 3.05) is 39.9 Å². The number of benzene rings is 1. The molecule has 0 saturated carbocycles. The van der Waals surface area contributed by atoms with Gasteiger partial charge >= 0.3 is 0 Å². The normalized spacial score (nSPS) is 16.2. The third kappa shape index (κ3) is 6.57. The number of amides is 1. The summed E-state index contributed by atoms with van der Waals surface area (Å²) < 4.78 is 4.93. The number of aliphatic hydroxyl groups excluding tert-OH is 1. The van der Waals surface area contributed by atoms with Crippen molar-refractivity contribution in [2.24, 2.45) is 0 Å². The standard InChI is InChI=1S/C18H29N3O3/c1-24-11-8-19-13-18(23)20-12-15-4-2-3-5-16(15)14-21-9-6-17(22)7-10-21/h2-5,17,19,22H,6-14H2,1H3,(H,20,23). The van der Waals surface area contributed by atoms with E-state index in [1.165, 1.54) is 5.56 Å². The van der Waals surface area contributed by atoms with Crippen LogP contribution in [0.2, 0.25) is 0 Å². The molecule has 6 heteroatoms. The molecule has 1 amide bonds. The smallest absolute Gasteiger partial charge is 0.234 e. The summed E-state index contributed by atoms with van der Waals surface area (Å²) in [7, 11) is 1.64. The van der Waals surface area contributed by atoms with E-state index in [9.17, 15) is 9.90 Å². The van der Waals surface area contributed by atoms with E-state index in [1.807, 2.05) is 12.1 Å². The van der Waals surface area contributed by atoms with Crippen LogP contribution in [0.1, 0.15) is 24.0 Å². The highest BCUT2D eigenvalue weighted by Crippen LogP contribution is 2.16. The van der Waals surface area contributed by atoms with Crippen LogP contribution in [0.5, 0.6) is 0 Å². The summed E-state index contributed by atoms with van der Waals surface area (Å²) in [6.07, 6.45) is 1.53. The molecule has 0 bridgehead atoms. The zero-order chi connectivity index (χ0) is 17.2. The molecule has 0 aliphatic carbocycles. The quantitative estimate of drug-likeness (QED) is 0.573. The number of carbonyl (C=O) groups excluding carboxylic acids is 1. The van der Waals surface area contributed by atoms with Crippen LogP contribution >= 0.6 is 0 Å². The van der Waals surface area contributed by atoms with Crippen LogP contribution in [0, 0.1) is 0 Å². The Balaban J connectivity index is 1.79. The maximum absolute atomic E-state index is 11.9. The van der Waals surface area contributed by atoms with E-state index in [0.717, 1.165) is 38.0 Å². The van der Waals surface area contributed by atoms with Crippen molar-refractivity contribution in [1.29, 1.82) is 0 Å². The molecule has 1 heterocycles. The van der Waals surface area contributed by atoms with Crippen molar-refractivity contribution in [1.82, 2.24) is 15.5 Å². The number of nitrogens with zero attached hydrogens (tertiary/aromatic N) is 1. The van der Waals surface area contributed by atoms with Crippen molar-refractivity contribution in [2.45, 2.75) is 32.0 Å². The van der Waals surface area contributed by atoms with Gasteiger partial charge in [0.2, 0.25) is 5.91 Å². The Morgan fingerprint density at radius 2 is 2.00 bits per heavy atom. The molecule has 3 N–H and O–H groups in total. The lowest BCUT2D eigenvalue weighted by molar-refractivity contribution is -0.120. The largest absolute Gasteiger partial charge is 0.393 e. The van der Waals surface area contributed by atoms with Crippen molar-refractivity contribution < 1.29 is 14.6 Å². The van der Waals surface area contributed by atoms with Gasteiger partial charge in [-0.05, 0) is 24.0 Å². The first-order chi connectivity index (χ1) is 11.7. The van der Waals surface area contributed by atoms with E-state index in [0.29, 0.717) is 26.2 Å². The molecule has 2 rings (SSSR count). The average molecular weight is 335 g/mol. The maximum Gasteiger partial charge on any atom is 0.234 e. The number of hydrogen-bond donors (Lipinski definition) is 3. The fraction of sp³-hybridized carbons (Fsp3) is 0.611. The van der Waals surface area contributed by atoms with Gasteiger partial charge in [-0.2, -0.15) is 0 Å². The van der Waals surface area contributed by atoms with E-state index < -0.39 is 0 Å². The number of likely N-dealkylation sites (tertiary alicyclic amines) is 1. The molecule has 0 radical (unpaired) electrons. The lowest BCUT2D eigenvalue weighted by Crippen LogP contribution is -2.36. The topological polar surface area (TPSA) is 73.8 Å². The predicted molar refractivity (Wildman–Crippen MR) is 93.6 cm³/mol. The highest BCUT2D eigenvalue weighted by molar-refractivity contribution is 5.78. The SMILES string of the molecule is COCCNCC(=O)NCc1ccccc1CN1CCC(O)CC1. The van der Waals surface area contributed by atoms with Gasteiger partial charge in [0.15, 0.2) is 0 Å². The second-order valence-corrected chi connectivity index (χ2v) is 6.22. The molecule has 0 spiro atoms.